The van der Waals surface area contributed by atoms with Crippen molar-refractivity contribution in [1.29, 1.82) is 0 Å². The lowest BCUT2D eigenvalue weighted by Crippen LogP contribution is -2.27. The second-order valence-electron chi connectivity index (χ2n) is 2.60. The zero-order valence-electron chi connectivity index (χ0n) is 7.27. The van der Waals surface area contributed by atoms with Gasteiger partial charge in [0.15, 0.2) is 0 Å². The molecule has 3 heteroatoms. The maximum Gasteiger partial charge on any atom is 0.246 e. The summed E-state index contributed by atoms with van der Waals surface area (Å²) in [5.74, 6) is -0.0981. The molecular formula is C8H15NO2. The molecule has 0 bridgehead atoms. The van der Waals surface area contributed by atoms with E-state index in [9.17, 15) is 4.79 Å². The zero-order valence-corrected chi connectivity index (χ0v) is 7.27. The zero-order chi connectivity index (χ0) is 8.85. The van der Waals surface area contributed by atoms with E-state index < -0.39 is 0 Å². The van der Waals surface area contributed by atoms with Crippen LogP contribution in [0.2, 0.25) is 0 Å². The van der Waals surface area contributed by atoms with Crippen LogP contribution in [0.4, 0.5) is 0 Å². The molecular weight excluding hydrogens is 142 g/mol. The molecule has 0 aromatic carbocycles. The standard InChI is InChI=1S/C8H15NO2/c1-6(2)7(3)8(11)9-4-5-10/h10H,4-5H2,1-3H3,(H,9,11). The Bertz CT molecular complexity index is 169. The van der Waals surface area contributed by atoms with Crippen LogP contribution in [0, 0.1) is 0 Å². The third-order valence-electron chi connectivity index (χ3n) is 1.49. The molecule has 2 N–H and O–H groups in total. The Morgan fingerprint density at radius 2 is 1.91 bits per heavy atom. The number of hydrogen-bond donors (Lipinski definition) is 2. The fourth-order valence-electron chi connectivity index (χ4n) is 0.529. The summed E-state index contributed by atoms with van der Waals surface area (Å²) < 4.78 is 0. The highest BCUT2D eigenvalue weighted by molar-refractivity contribution is 5.93. The van der Waals surface area contributed by atoms with Gasteiger partial charge in [-0.1, -0.05) is 5.57 Å². The fraction of sp³-hybridized carbons (Fsp3) is 0.625. The highest BCUT2D eigenvalue weighted by Gasteiger charge is 2.02. The predicted molar refractivity (Wildman–Crippen MR) is 44.1 cm³/mol. The van der Waals surface area contributed by atoms with Crippen molar-refractivity contribution in [1.82, 2.24) is 5.32 Å². The number of carbonyl (C=O) groups excluding carboxylic acids is 1. The van der Waals surface area contributed by atoms with Gasteiger partial charge in [0, 0.05) is 12.1 Å². The van der Waals surface area contributed by atoms with E-state index in [2.05, 4.69) is 5.32 Å². The number of aliphatic hydroxyl groups excluding tert-OH is 1. The van der Waals surface area contributed by atoms with Gasteiger partial charge in [-0.15, -0.1) is 0 Å². The van der Waals surface area contributed by atoms with Crippen LogP contribution in [0.1, 0.15) is 20.8 Å². The molecule has 0 aromatic rings. The number of aliphatic hydroxyl groups is 1. The molecule has 0 fully saturated rings. The van der Waals surface area contributed by atoms with Gasteiger partial charge in [0.2, 0.25) is 5.91 Å². The first-order valence-corrected chi connectivity index (χ1v) is 3.62. The highest BCUT2D eigenvalue weighted by Crippen LogP contribution is 2.00. The van der Waals surface area contributed by atoms with E-state index in [0.29, 0.717) is 6.54 Å². The first-order valence-electron chi connectivity index (χ1n) is 3.62. The molecule has 0 aliphatic heterocycles. The normalized spacial score (nSPS) is 9.09. The molecule has 0 rings (SSSR count). The van der Waals surface area contributed by atoms with Crippen molar-refractivity contribution in [3.63, 3.8) is 0 Å². The Balaban J connectivity index is 3.95. The second kappa shape index (κ2) is 4.91. The van der Waals surface area contributed by atoms with Crippen LogP contribution in [-0.2, 0) is 4.79 Å². The SMILES string of the molecule is CC(C)=C(C)C(=O)NCCO. The van der Waals surface area contributed by atoms with Gasteiger partial charge in [-0.25, -0.2) is 0 Å². The van der Waals surface area contributed by atoms with E-state index in [4.69, 9.17) is 5.11 Å². The van der Waals surface area contributed by atoms with Crippen molar-refractivity contribution in [3.8, 4) is 0 Å². The maximum absolute atomic E-state index is 11.1. The van der Waals surface area contributed by atoms with Crippen LogP contribution >= 0.6 is 0 Å². The van der Waals surface area contributed by atoms with Gasteiger partial charge in [-0.05, 0) is 20.8 Å². The largest absolute Gasteiger partial charge is 0.395 e. The van der Waals surface area contributed by atoms with E-state index in [-0.39, 0.29) is 12.5 Å². The molecule has 0 saturated heterocycles. The van der Waals surface area contributed by atoms with Gasteiger partial charge >= 0.3 is 0 Å². The minimum absolute atomic E-state index is 0.0121. The van der Waals surface area contributed by atoms with Gasteiger partial charge < -0.3 is 10.4 Å². The molecule has 11 heavy (non-hydrogen) atoms. The Morgan fingerprint density at radius 1 is 1.36 bits per heavy atom. The smallest absolute Gasteiger partial charge is 0.246 e. The second-order valence-corrected chi connectivity index (χ2v) is 2.60. The van der Waals surface area contributed by atoms with Gasteiger partial charge in [0.1, 0.15) is 0 Å². The van der Waals surface area contributed by atoms with E-state index >= 15 is 0 Å². The summed E-state index contributed by atoms with van der Waals surface area (Å²) in [6, 6.07) is 0. The Labute approximate surface area is 67.1 Å². The summed E-state index contributed by atoms with van der Waals surface area (Å²) in [6.07, 6.45) is 0. The van der Waals surface area contributed by atoms with Gasteiger partial charge in [-0.3, -0.25) is 4.79 Å². The molecule has 0 unspecified atom stereocenters. The molecule has 0 aliphatic carbocycles. The first kappa shape index (κ1) is 10.2. The monoisotopic (exact) mass is 157 g/mol. The minimum atomic E-state index is -0.0981. The molecule has 0 heterocycles. The van der Waals surface area contributed by atoms with E-state index in [1.807, 2.05) is 13.8 Å². The average Bonchev–Trinajstić information content (AvgIpc) is 1.98. The number of rotatable bonds is 3. The summed E-state index contributed by atoms with van der Waals surface area (Å²) in [6.45, 7) is 5.84. The quantitative estimate of drug-likeness (QED) is 0.584. The molecule has 0 atom stereocenters. The molecule has 3 nitrogen and oxygen atoms in total. The number of carbonyl (C=O) groups is 1. The van der Waals surface area contributed by atoms with Gasteiger partial charge in [-0.2, -0.15) is 0 Å². The summed E-state index contributed by atoms with van der Waals surface area (Å²) >= 11 is 0. The molecule has 0 saturated carbocycles. The van der Waals surface area contributed by atoms with Crippen LogP contribution in [-0.4, -0.2) is 24.2 Å². The fourth-order valence-corrected chi connectivity index (χ4v) is 0.529. The summed E-state index contributed by atoms with van der Waals surface area (Å²) in [4.78, 5) is 11.1. The van der Waals surface area contributed by atoms with Crippen LogP contribution in [0.25, 0.3) is 0 Å². The van der Waals surface area contributed by atoms with Crippen LogP contribution in [0.3, 0.4) is 0 Å². The number of allylic oxidation sites excluding steroid dienone is 1. The lowest BCUT2D eigenvalue weighted by Gasteiger charge is -2.03. The van der Waals surface area contributed by atoms with Crippen molar-refractivity contribution in [3.05, 3.63) is 11.1 Å². The number of hydrogen-bond acceptors (Lipinski definition) is 2. The predicted octanol–water partition coefficient (Wildman–Crippen LogP) is 0.451. The first-order chi connectivity index (χ1) is 5.09. The summed E-state index contributed by atoms with van der Waals surface area (Å²) in [5.41, 5.74) is 1.72. The van der Waals surface area contributed by atoms with Gasteiger partial charge in [0.25, 0.3) is 0 Å². The third-order valence-corrected chi connectivity index (χ3v) is 1.49. The Morgan fingerprint density at radius 3 is 2.27 bits per heavy atom. The molecule has 0 aromatic heterocycles. The minimum Gasteiger partial charge on any atom is -0.395 e. The van der Waals surface area contributed by atoms with Crippen LogP contribution in [0.15, 0.2) is 11.1 Å². The van der Waals surface area contributed by atoms with Crippen molar-refractivity contribution in [2.45, 2.75) is 20.8 Å². The number of amides is 1. The van der Waals surface area contributed by atoms with Gasteiger partial charge in [0.05, 0.1) is 6.61 Å². The highest BCUT2D eigenvalue weighted by atomic mass is 16.3. The lowest BCUT2D eigenvalue weighted by molar-refractivity contribution is -0.117. The Hall–Kier alpha value is -0.830. The van der Waals surface area contributed by atoms with E-state index in [0.717, 1.165) is 11.1 Å². The van der Waals surface area contributed by atoms with Crippen molar-refractivity contribution in [2.24, 2.45) is 0 Å². The molecule has 0 spiro atoms. The summed E-state index contributed by atoms with van der Waals surface area (Å²) in [5, 5.41) is 11.0. The average molecular weight is 157 g/mol. The van der Waals surface area contributed by atoms with E-state index in [1.165, 1.54) is 0 Å². The third kappa shape index (κ3) is 3.78. The van der Waals surface area contributed by atoms with Crippen LogP contribution < -0.4 is 5.32 Å². The van der Waals surface area contributed by atoms with Crippen LogP contribution in [0.5, 0.6) is 0 Å². The lowest BCUT2D eigenvalue weighted by atomic mass is 10.2. The van der Waals surface area contributed by atoms with E-state index in [1.54, 1.807) is 6.92 Å². The molecule has 64 valence electrons. The summed E-state index contributed by atoms with van der Waals surface area (Å²) in [7, 11) is 0. The topological polar surface area (TPSA) is 49.3 Å². The molecule has 1 amide bonds. The molecule has 0 radical (unpaired) electrons. The number of nitrogens with one attached hydrogen (secondary N) is 1. The Kier molecular flexibility index (Phi) is 4.54. The maximum atomic E-state index is 11.1. The molecule has 0 aliphatic rings. The van der Waals surface area contributed by atoms with Crippen molar-refractivity contribution < 1.29 is 9.90 Å². The van der Waals surface area contributed by atoms with Crippen molar-refractivity contribution >= 4 is 5.91 Å². The van der Waals surface area contributed by atoms with Crippen molar-refractivity contribution in [2.75, 3.05) is 13.2 Å².